The first kappa shape index (κ1) is 13.6. The first-order chi connectivity index (χ1) is 7.91. The third kappa shape index (κ3) is 3.78. The lowest BCUT2D eigenvalue weighted by atomic mass is 10.0. The smallest absolute Gasteiger partial charge is 0.320 e. The van der Waals surface area contributed by atoms with Crippen molar-refractivity contribution in [2.24, 2.45) is 5.92 Å². The van der Waals surface area contributed by atoms with Gasteiger partial charge < -0.3 is 10.4 Å². The van der Waals surface area contributed by atoms with Crippen LogP contribution >= 0.6 is 0 Å². The summed E-state index contributed by atoms with van der Waals surface area (Å²) in [6.07, 6.45) is 0. The van der Waals surface area contributed by atoms with Gasteiger partial charge in [-0.3, -0.25) is 4.79 Å². The Morgan fingerprint density at radius 3 is 2.47 bits per heavy atom. The van der Waals surface area contributed by atoms with E-state index in [-0.39, 0.29) is 12.5 Å². The number of carbonyl (C=O) groups is 1. The van der Waals surface area contributed by atoms with Crippen molar-refractivity contribution in [3.63, 3.8) is 0 Å². The SMILES string of the molecule is CC(C)[C@@H](NCc1ccc(F)c(F)c1)C(=O)O. The minimum Gasteiger partial charge on any atom is -0.480 e. The lowest BCUT2D eigenvalue weighted by Crippen LogP contribution is -2.40. The van der Waals surface area contributed by atoms with Crippen molar-refractivity contribution in [2.45, 2.75) is 26.4 Å². The number of rotatable bonds is 5. The zero-order chi connectivity index (χ0) is 13.0. The predicted molar refractivity (Wildman–Crippen MR) is 59.5 cm³/mol. The molecule has 0 unspecified atom stereocenters. The van der Waals surface area contributed by atoms with Crippen LogP contribution in [0.4, 0.5) is 8.78 Å². The van der Waals surface area contributed by atoms with E-state index in [0.717, 1.165) is 12.1 Å². The number of hydrogen-bond donors (Lipinski definition) is 2. The molecule has 0 saturated carbocycles. The second kappa shape index (κ2) is 5.72. The summed E-state index contributed by atoms with van der Waals surface area (Å²) in [7, 11) is 0. The fraction of sp³-hybridized carbons (Fsp3) is 0.417. The standard InChI is InChI=1S/C12H15F2NO2/c1-7(2)11(12(16)17)15-6-8-3-4-9(13)10(14)5-8/h3-5,7,11,15H,6H2,1-2H3,(H,16,17)/t11-/m1/s1. The van der Waals surface area contributed by atoms with E-state index >= 15 is 0 Å². The molecule has 0 spiro atoms. The van der Waals surface area contributed by atoms with E-state index in [0.29, 0.717) is 5.56 Å². The number of aliphatic carboxylic acids is 1. The van der Waals surface area contributed by atoms with Gasteiger partial charge >= 0.3 is 5.97 Å². The van der Waals surface area contributed by atoms with Crippen molar-refractivity contribution in [1.29, 1.82) is 0 Å². The average Bonchev–Trinajstić information content (AvgIpc) is 2.22. The second-order valence-electron chi connectivity index (χ2n) is 4.19. The summed E-state index contributed by atoms with van der Waals surface area (Å²) in [6.45, 7) is 3.74. The van der Waals surface area contributed by atoms with Crippen LogP contribution in [0.1, 0.15) is 19.4 Å². The van der Waals surface area contributed by atoms with E-state index in [9.17, 15) is 13.6 Å². The maximum Gasteiger partial charge on any atom is 0.320 e. The van der Waals surface area contributed by atoms with E-state index in [4.69, 9.17) is 5.11 Å². The maximum atomic E-state index is 12.9. The lowest BCUT2D eigenvalue weighted by Gasteiger charge is -2.17. The molecule has 1 rings (SSSR count). The molecule has 0 aliphatic carbocycles. The van der Waals surface area contributed by atoms with Crippen molar-refractivity contribution in [3.8, 4) is 0 Å². The normalized spacial score (nSPS) is 12.8. The molecule has 0 aliphatic heterocycles. The van der Waals surface area contributed by atoms with Crippen molar-refractivity contribution < 1.29 is 18.7 Å². The summed E-state index contributed by atoms with van der Waals surface area (Å²) in [6, 6.07) is 2.80. The fourth-order valence-corrected chi connectivity index (χ4v) is 1.49. The molecule has 1 aromatic rings. The Morgan fingerprint density at radius 1 is 1.35 bits per heavy atom. The summed E-state index contributed by atoms with van der Waals surface area (Å²) in [5, 5.41) is 11.7. The highest BCUT2D eigenvalue weighted by atomic mass is 19.2. The molecular formula is C12H15F2NO2. The maximum absolute atomic E-state index is 12.9. The number of carboxylic acids is 1. The Balaban J connectivity index is 2.65. The van der Waals surface area contributed by atoms with Gasteiger partial charge in [0.05, 0.1) is 0 Å². The zero-order valence-corrected chi connectivity index (χ0v) is 9.71. The second-order valence-corrected chi connectivity index (χ2v) is 4.19. The zero-order valence-electron chi connectivity index (χ0n) is 9.71. The summed E-state index contributed by atoms with van der Waals surface area (Å²) in [5.41, 5.74) is 0.510. The highest BCUT2D eigenvalue weighted by molar-refractivity contribution is 5.73. The Hall–Kier alpha value is -1.49. The molecule has 0 aliphatic rings. The van der Waals surface area contributed by atoms with Gasteiger partial charge in [-0.25, -0.2) is 8.78 Å². The molecule has 1 aromatic carbocycles. The Kier molecular flexibility index (Phi) is 4.57. The van der Waals surface area contributed by atoms with Gasteiger partial charge in [0, 0.05) is 6.54 Å². The molecule has 0 bridgehead atoms. The van der Waals surface area contributed by atoms with Crippen LogP contribution < -0.4 is 5.32 Å². The topological polar surface area (TPSA) is 49.3 Å². The number of hydrogen-bond acceptors (Lipinski definition) is 2. The van der Waals surface area contributed by atoms with Crippen LogP contribution in [0.15, 0.2) is 18.2 Å². The summed E-state index contributed by atoms with van der Waals surface area (Å²) in [4.78, 5) is 10.9. The van der Waals surface area contributed by atoms with Crippen LogP contribution in [0.25, 0.3) is 0 Å². The van der Waals surface area contributed by atoms with E-state index in [1.807, 2.05) is 0 Å². The van der Waals surface area contributed by atoms with Crippen molar-refractivity contribution >= 4 is 5.97 Å². The van der Waals surface area contributed by atoms with Gasteiger partial charge in [0.1, 0.15) is 6.04 Å². The number of nitrogens with one attached hydrogen (secondary N) is 1. The van der Waals surface area contributed by atoms with Crippen molar-refractivity contribution in [3.05, 3.63) is 35.4 Å². The van der Waals surface area contributed by atoms with Gasteiger partial charge in [0.15, 0.2) is 11.6 Å². The molecule has 0 heterocycles. The molecule has 3 nitrogen and oxygen atoms in total. The van der Waals surface area contributed by atoms with Gasteiger partial charge in [-0.1, -0.05) is 19.9 Å². The third-order valence-electron chi connectivity index (χ3n) is 2.44. The Labute approximate surface area is 98.5 Å². The van der Waals surface area contributed by atoms with Gasteiger partial charge in [-0.05, 0) is 23.6 Å². The third-order valence-corrected chi connectivity index (χ3v) is 2.44. The first-order valence-electron chi connectivity index (χ1n) is 5.32. The predicted octanol–water partition coefficient (Wildman–Crippen LogP) is 2.16. The van der Waals surface area contributed by atoms with Crippen LogP contribution in [-0.2, 0) is 11.3 Å². The molecule has 94 valence electrons. The van der Waals surface area contributed by atoms with Gasteiger partial charge in [0.25, 0.3) is 0 Å². The molecule has 0 fully saturated rings. The lowest BCUT2D eigenvalue weighted by molar-refractivity contribution is -0.140. The minimum atomic E-state index is -0.956. The minimum absolute atomic E-state index is 0.0854. The molecule has 5 heteroatoms. The largest absolute Gasteiger partial charge is 0.480 e. The highest BCUT2D eigenvalue weighted by Gasteiger charge is 2.20. The molecule has 0 amide bonds. The van der Waals surface area contributed by atoms with Gasteiger partial charge in [-0.15, -0.1) is 0 Å². The highest BCUT2D eigenvalue weighted by Crippen LogP contribution is 2.09. The quantitative estimate of drug-likeness (QED) is 0.833. The van der Waals surface area contributed by atoms with Crippen LogP contribution in [0.3, 0.4) is 0 Å². The summed E-state index contributed by atoms with van der Waals surface area (Å²) >= 11 is 0. The van der Waals surface area contributed by atoms with Crippen LogP contribution in [0, 0.1) is 17.6 Å². The molecule has 2 N–H and O–H groups in total. The van der Waals surface area contributed by atoms with Crippen LogP contribution in [-0.4, -0.2) is 17.1 Å². The van der Waals surface area contributed by atoms with Gasteiger partial charge in [-0.2, -0.15) is 0 Å². The van der Waals surface area contributed by atoms with Crippen molar-refractivity contribution in [1.82, 2.24) is 5.32 Å². The fourth-order valence-electron chi connectivity index (χ4n) is 1.49. The first-order valence-corrected chi connectivity index (χ1v) is 5.32. The van der Waals surface area contributed by atoms with E-state index in [1.165, 1.54) is 6.07 Å². The summed E-state index contributed by atoms with van der Waals surface area (Å²) in [5.74, 6) is -2.88. The molecule has 0 radical (unpaired) electrons. The molecular weight excluding hydrogens is 228 g/mol. The molecule has 1 atom stereocenters. The van der Waals surface area contributed by atoms with Crippen molar-refractivity contribution in [2.75, 3.05) is 0 Å². The monoisotopic (exact) mass is 243 g/mol. The Morgan fingerprint density at radius 2 is 2.00 bits per heavy atom. The Bertz CT molecular complexity index is 407. The number of carboxylic acid groups (broad SMARTS) is 1. The molecule has 0 saturated heterocycles. The summed E-state index contributed by atoms with van der Waals surface area (Å²) < 4.78 is 25.6. The molecule has 17 heavy (non-hydrogen) atoms. The van der Waals surface area contributed by atoms with E-state index < -0.39 is 23.6 Å². The van der Waals surface area contributed by atoms with Crippen LogP contribution in [0.2, 0.25) is 0 Å². The average molecular weight is 243 g/mol. The van der Waals surface area contributed by atoms with Crippen LogP contribution in [0.5, 0.6) is 0 Å². The van der Waals surface area contributed by atoms with E-state index in [1.54, 1.807) is 13.8 Å². The number of benzene rings is 1. The number of halogens is 2. The van der Waals surface area contributed by atoms with E-state index in [2.05, 4.69) is 5.32 Å². The van der Waals surface area contributed by atoms with Gasteiger partial charge in [0.2, 0.25) is 0 Å². The molecule has 0 aromatic heterocycles.